The van der Waals surface area contributed by atoms with E-state index in [0.717, 1.165) is 29.8 Å². The Balaban J connectivity index is 1.48. The molecule has 0 bridgehead atoms. The number of nitriles is 1. The topological polar surface area (TPSA) is 74.8 Å². The first-order valence-electron chi connectivity index (χ1n) is 10.5. The number of aromatic nitrogens is 3. The van der Waals surface area contributed by atoms with E-state index in [0.29, 0.717) is 18.7 Å². The number of carbonyl (C=O) groups is 1. The molecular weight excluding hydrogens is 374 g/mol. The molecule has 5 rings (SSSR count). The van der Waals surface area contributed by atoms with Crippen molar-refractivity contribution >= 4 is 5.78 Å². The molecule has 1 spiro atoms. The number of nitrogens with zero attached hydrogens (tertiary/aromatic N) is 5. The molecular formula is C24H23N5O. The highest BCUT2D eigenvalue weighted by atomic mass is 16.1. The summed E-state index contributed by atoms with van der Waals surface area (Å²) in [6, 6.07) is 17.6. The van der Waals surface area contributed by atoms with Crippen LogP contribution < -0.4 is 0 Å². The second-order valence-electron chi connectivity index (χ2n) is 8.23. The van der Waals surface area contributed by atoms with Crippen LogP contribution in [0.4, 0.5) is 0 Å². The van der Waals surface area contributed by atoms with Crippen LogP contribution in [0.2, 0.25) is 0 Å². The maximum Gasteiger partial charge on any atom is 0.177 e. The standard InChI is InChI=1S/C24H23N5O/c25-14-18-7-6-8-20(13-18)29-16-19(26-27-29)15-28-17-23(30)21-9-2-3-10-22(21)24(28)11-4-1-5-12-24/h2-3,6-10,13,16H,1,4-5,11-12,15,17H2. The molecule has 0 saturated heterocycles. The molecule has 1 fully saturated rings. The average molecular weight is 397 g/mol. The highest BCUT2D eigenvalue weighted by molar-refractivity contribution is 6.00. The number of hydrogen-bond donors (Lipinski definition) is 0. The van der Waals surface area contributed by atoms with Crippen LogP contribution in [0, 0.1) is 11.3 Å². The minimum Gasteiger partial charge on any atom is -0.293 e. The predicted molar refractivity (Wildman–Crippen MR) is 112 cm³/mol. The Kier molecular flexibility index (Phi) is 4.68. The van der Waals surface area contributed by atoms with E-state index in [1.807, 2.05) is 36.5 Å². The van der Waals surface area contributed by atoms with Gasteiger partial charge in [-0.25, -0.2) is 4.68 Å². The first kappa shape index (κ1) is 18.7. The third kappa shape index (κ3) is 3.12. The number of fused-ring (bicyclic) bond motifs is 2. The zero-order valence-corrected chi connectivity index (χ0v) is 16.8. The quantitative estimate of drug-likeness (QED) is 0.668. The van der Waals surface area contributed by atoms with Crippen LogP contribution in [0.5, 0.6) is 0 Å². The van der Waals surface area contributed by atoms with Gasteiger partial charge in [-0.15, -0.1) is 5.10 Å². The van der Waals surface area contributed by atoms with Gasteiger partial charge in [0.25, 0.3) is 0 Å². The molecule has 1 saturated carbocycles. The Hall–Kier alpha value is -3.30. The fraction of sp³-hybridized carbons (Fsp3) is 0.333. The maximum atomic E-state index is 12.9. The van der Waals surface area contributed by atoms with E-state index < -0.39 is 0 Å². The van der Waals surface area contributed by atoms with Crippen LogP contribution in [0.3, 0.4) is 0 Å². The lowest BCUT2D eigenvalue weighted by Crippen LogP contribution is -2.53. The minimum atomic E-state index is -0.104. The number of rotatable bonds is 3. The van der Waals surface area contributed by atoms with Crippen molar-refractivity contribution in [3.8, 4) is 11.8 Å². The van der Waals surface area contributed by atoms with Crippen molar-refractivity contribution in [1.82, 2.24) is 19.9 Å². The summed E-state index contributed by atoms with van der Waals surface area (Å²) in [5.74, 6) is 0.177. The van der Waals surface area contributed by atoms with Gasteiger partial charge in [-0.1, -0.05) is 54.8 Å². The number of carbonyl (C=O) groups excluding carboxylic acids is 1. The molecule has 1 aromatic heterocycles. The SMILES string of the molecule is N#Cc1cccc(-n2cc(CN3CC(=O)c4ccccc4C34CCCCC4)nn2)c1. The van der Waals surface area contributed by atoms with Crippen LogP contribution in [0.15, 0.2) is 54.7 Å². The third-order valence-corrected chi connectivity index (χ3v) is 6.48. The summed E-state index contributed by atoms with van der Waals surface area (Å²) in [5, 5.41) is 17.8. The van der Waals surface area contributed by atoms with Gasteiger partial charge in [0.05, 0.1) is 35.8 Å². The van der Waals surface area contributed by atoms with Gasteiger partial charge in [0.1, 0.15) is 0 Å². The van der Waals surface area contributed by atoms with Crippen molar-refractivity contribution in [2.24, 2.45) is 0 Å². The van der Waals surface area contributed by atoms with E-state index in [9.17, 15) is 4.79 Å². The van der Waals surface area contributed by atoms with Gasteiger partial charge in [-0.05, 0) is 36.6 Å². The van der Waals surface area contributed by atoms with Gasteiger partial charge in [0, 0.05) is 17.6 Å². The van der Waals surface area contributed by atoms with Crippen molar-refractivity contribution in [3.63, 3.8) is 0 Å². The second kappa shape index (κ2) is 7.51. The molecule has 2 aliphatic rings. The van der Waals surface area contributed by atoms with Crippen LogP contribution in [0.1, 0.15) is 59.3 Å². The lowest BCUT2D eigenvalue weighted by atomic mass is 9.71. The molecule has 6 heteroatoms. The summed E-state index contributed by atoms with van der Waals surface area (Å²) < 4.78 is 1.70. The molecule has 0 unspecified atom stereocenters. The van der Waals surface area contributed by atoms with Crippen molar-refractivity contribution in [3.05, 3.63) is 77.1 Å². The lowest BCUT2D eigenvalue weighted by molar-refractivity contribution is 0.0272. The predicted octanol–water partition coefficient (Wildman–Crippen LogP) is 4.00. The van der Waals surface area contributed by atoms with E-state index in [2.05, 4.69) is 27.3 Å². The summed E-state index contributed by atoms with van der Waals surface area (Å²) in [7, 11) is 0. The molecule has 1 aliphatic heterocycles. The van der Waals surface area contributed by atoms with E-state index in [1.165, 1.54) is 24.8 Å². The highest BCUT2D eigenvalue weighted by Crippen LogP contribution is 2.46. The van der Waals surface area contributed by atoms with E-state index in [1.54, 1.807) is 16.8 Å². The molecule has 1 aliphatic carbocycles. The van der Waals surface area contributed by atoms with Crippen LogP contribution in [0.25, 0.3) is 5.69 Å². The van der Waals surface area contributed by atoms with E-state index in [-0.39, 0.29) is 11.3 Å². The Morgan fingerprint density at radius 2 is 1.90 bits per heavy atom. The van der Waals surface area contributed by atoms with Crippen molar-refractivity contribution in [1.29, 1.82) is 5.26 Å². The zero-order chi connectivity index (χ0) is 20.6. The highest BCUT2D eigenvalue weighted by Gasteiger charge is 2.45. The van der Waals surface area contributed by atoms with Gasteiger partial charge < -0.3 is 0 Å². The molecule has 2 aromatic carbocycles. The second-order valence-corrected chi connectivity index (χ2v) is 8.23. The summed E-state index contributed by atoms with van der Waals surface area (Å²) >= 11 is 0. The van der Waals surface area contributed by atoms with Gasteiger partial charge in [-0.3, -0.25) is 9.69 Å². The Labute approximate surface area is 175 Å². The number of ketones is 1. The van der Waals surface area contributed by atoms with Crippen molar-refractivity contribution in [2.75, 3.05) is 6.54 Å². The third-order valence-electron chi connectivity index (χ3n) is 6.48. The monoisotopic (exact) mass is 397 g/mol. The fourth-order valence-corrected chi connectivity index (χ4v) is 5.05. The molecule has 0 N–H and O–H groups in total. The first-order valence-corrected chi connectivity index (χ1v) is 10.5. The molecule has 30 heavy (non-hydrogen) atoms. The molecule has 3 aromatic rings. The van der Waals surface area contributed by atoms with Crippen molar-refractivity contribution in [2.45, 2.75) is 44.2 Å². The van der Waals surface area contributed by atoms with Gasteiger partial charge in [-0.2, -0.15) is 5.26 Å². The zero-order valence-electron chi connectivity index (χ0n) is 16.8. The van der Waals surface area contributed by atoms with E-state index >= 15 is 0 Å². The van der Waals surface area contributed by atoms with Crippen LogP contribution >= 0.6 is 0 Å². The Morgan fingerprint density at radius 3 is 2.73 bits per heavy atom. The molecule has 2 heterocycles. The van der Waals surface area contributed by atoms with Crippen LogP contribution in [-0.4, -0.2) is 32.2 Å². The van der Waals surface area contributed by atoms with Gasteiger partial charge in [0.2, 0.25) is 0 Å². The number of Topliss-reactive ketones (excluding diaryl/α,β-unsaturated/α-hetero) is 1. The van der Waals surface area contributed by atoms with Gasteiger partial charge >= 0.3 is 0 Å². The largest absolute Gasteiger partial charge is 0.293 e. The van der Waals surface area contributed by atoms with Crippen molar-refractivity contribution < 1.29 is 4.79 Å². The summed E-state index contributed by atoms with van der Waals surface area (Å²) in [6.07, 6.45) is 7.62. The smallest absolute Gasteiger partial charge is 0.177 e. The van der Waals surface area contributed by atoms with Crippen LogP contribution in [-0.2, 0) is 12.1 Å². The minimum absolute atomic E-state index is 0.104. The first-order chi connectivity index (χ1) is 14.7. The molecule has 0 amide bonds. The molecule has 0 atom stereocenters. The maximum absolute atomic E-state index is 12.9. The number of hydrogen-bond acceptors (Lipinski definition) is 5. The lowest BCUT2D eigenvalue weighted by Gasteiger charge is -2.49. The summed E-state index contributed by atoms with van der Waals surface area (Å²) in [5.41, 5.74) is 4.18. The average Bonchev–Trinajstić information content (AvgIpc) is 3.27. The normalized spacial score (nSPS) is 18.2. The fourth-order valence-electron chi connectivity index (χ4n) is 5.05. The Bertz CT molecular complexity index is 1140. The summed E-state index contributed by atoms with van der Waals surface area (Å²) in [4.78, 5) is 15.2. The van der Waals surface area contributed by atoms with Gasteiger partial charge in [0.15, 0.2) is 5.78 Å². The summed E-state index contributed by atoms with van der Waals surface area (Å²) in [6.45, 7) is 0.992. The molecule has 6 nitrogen and oxygen atoms in total. The molecule has 150 valence electrons. The Morgan fingerprint density at radius 1 is 1.07 bits per heavy atom. The number of benzene rings is 2. The molecule has 0 radical (unpaired) electrons. The van der Waals surface area contributed by atoms with E-state index in [4.69, 9.17) is 5.26 Å².